The summed E-state index contributed by atoms with van der Waals surface area (Å²) in [5.74, 6) is 0.407. The molecule has 0 aromatic carbocycles. The smallest absolute Gasteiger partial charge is 0.0779 e. The van der Waals surface area contributed by atoms with Crippen LogP contribution in [0.1, 0.15) is 32.1 Å². The topological polar surface area (TPSA) is 58.6 Å². The molecular weight excluding hydrogens is 238 g/mol. The Labute approximate surface area is 107 Å². The molecule has 1 fully saturated rings. The highest BCUT2D eigenvalue weighted by atomic mass is 32.2. The first-order chi connectivity index (χ1) is 8.24. The quantitative estimate of drug-likeness (QED) is 0.632. The van der Waals surface area contributed by atoms with Gasteiger partial charge in [0.2, 0.25) is 0 Å². The van der Waals surface area contributed by atoms with Gasteiger partial charge in [0.1, 0.15) is 0 Å². The highest BCUT2D eigenvalue weighted by Gasteiger charge is 2.21. The largest absolute Gasteiger partial charge is 0.391 e. The highest BCUT2D eigenvalue weighted by Crippen LogP contribution is 2.22. The van der Waals surface area contributed by atoms with Gasteiger partial charge in [0, 0.05) is 36.2 Å². The summed E-state index contributed by atoms with van der Waals surface area (Å²) in [6.45, 7) is 1.86. The summed E-state index contributed by atoms with van der Waals surface area (Å²) < 4.78 is 16.9. The zero-order valence-electron chi connectivity index (χ0n) is 10.7. The predicted molar refractivity (Wildman–Crippen MR) is 70.6 cm³/mol. The normalized spacial score (nSPS) is 21.3. The van der Waals surface area contributed by atoms with Gasteiger partial charge in [-0.3, -0.25) is 4.21 Å². The SMILES string of the molecule is COCCNCC(O)CS(=O)C1CCCCC1. The van der Waals surface area contributed by atoms with Crippen LogP contribution in [-0.2, 0) is 15.5 Å². The third-order valence-electron chi connectivity index (χ3n) is 3.14. The second kappa shape index (κ2) is 9.03. The average molecular weight is 263 g/mol. The van der Waals surface area contributed by atoms with E-state index >= 15 is 0 Å². The number of nitrogens with one attached hydrogen (secondary N) is 1. The fourth-order valence-electron chi connectivity index (χ4n) is 2.16. The number of ether oxygens (including phenoxy) is 1. The Balaban J connectivity index is 2.11. The van der Waals surface area contributed by atoms with Crippen molar-refractivity contribution in [1.82, 2.24) is 5.32 Å². The lowest BCUT2D eigenvalue weighted by molar-refractivity contribution is 0.174. The van der Waals surface area contributed by atoms with Crippen LogP contribution in [0.15, 0.2) is 0 Å². The molecule has 1 saturated carbocycles. The molecule has 2 atom stereocenters. The molecule has 0 aromatic heterocycles. The molecule has 1 aliphatic rings. The maximum absolute atomic E-state index is 12.0. The lowest BCUT2D eigenvalue weighted by atomic mass is 10.0. The molecule has 0 aliphatic heterocycles. The fourth-order valence-corrected chi connectivity index (χ4v) is 3.78. The molecule has 0 radical (unpaired) electrons. The maximum atomic E-state index is 12.0. The zero-order valence-corrected chi connectivity index (χ0v) is 11.5. The van der Waals surface area contributed by atoms with E-state index in [2.05, 4.69) is 5.32 Å². The van der Waals surface area contributed by atoms with Crippen molar-refractivity contribution in [3.8, 4) is 0 Å². The van der Waals surface area contributed by atoms with E-state index in [1.807, 2.05) is 0 Å². The minimum absolute atomic E-state index is 0.317. The molecule has 0 heterocycles. The third-order valence-corrected chi connectivity index (χ3v) is 5.07. The molecule has 2 unspecified atom stereocenters. The molecule has 1 rings (SSSR count). The van der Waals surface area contributed by atoms with Crippen LogP contribution in [-0.4, -0.2) is 53.2 Å². The Morgan fingerprint density at radius 3 is 2.76 bits per heavy atom. The van der Waals surface area contributed by atoms with Crippen LogP contribution in [0.25, 0.3) is 0 Å². The van der Waals surface area contributed by atoms with Crippen LogP contribution in [0.3, 0.4) is 0 Å². The third kappa shape index (κ3) is 6.50. The van der Waals surface area contributed by atoms with E-state index in [-0.39, 0.29) is 0 Å². The van der Waals surface area contributed by atoms with E-state index in [9.17, 15) is 9.32 Å². The van der Waals surface area contributed by atoms with Gasteiger partial charge in [-0.1, -0.05) is 19.3 Å². The Morgan fingerprint density at radius 1 is 1.41 bits per heavy atom. The molecule has 0 saturated heterocycles. The highest BCUT2D eigenvalue weighted by molar-refractivity contribution is 7.85. The summed E-state index contributed by atoms with van der Waals surface area (Å²) in [7, 11) is 0.784. The molecule has 1 aliphatic carbocycles. The van der Waals surface area contributed by atoms with Gasteiger partial charge in [-0.2, -0.15) is 0 Å². The standard InChI is InChI=1S/C12H25NO3S/c1-16-8-7-13-9-11(14)10-17(15)12-5-3-2-4-6-12/h11-14H,2-10H2,1H3. The first-order valence-electron chi connectivity index (χ1n) is 6.49. The minimum Gasteiger partial charge on any atom is -0.391 e. The van der Waals surface area contributed by atoms with Gasteiger partial charge >= 0.3 is 0 Å². The molecule has 0 bridgehead atoms. The minimum atomic E-state index is -0.865. The summed E-state index contributed by atoms with van der Waals surface area (Å²) in [6.07, 6.45) is 5.29. The summed E-state index contributed by atoms with van der Waals surface area (Å²) in [5.41, 5.74) is 0. The number of methoxy groups -OCH3 is 1. The number of hydrogen-bond acceptors (Lipinski definition) is 4. The summed E-state index contributed by atoms with van der Waals surface area (Å²) in [4.78, 5) is 0. The molecule has 102 valence electrons. The zero-order chi connectivity index (χ0) is 12.5. The van der Waals surface area contributed by atoms with Gasteiger partial charge in [-0.05, 0) is 12.8 Å². The Bertz CT molecular complexity index is 220. The average Bonchev–Trinajstić information content (AvgIpc) is 2.36. The van der Waals surface area contributed by atoms with Gasteiger partial charge in [-0.25, -0.2) is 0 Å². The number of rotatable bonds is 8. The summed E-state index contributed by atoms with van der Waals surface area (Å²) >= 11 is 0. The predicted octanol–water partition coefficient (Wildman–Crippen LogP) is 0.665. The second-order valence-electron chi connectivity index (χ2n) is 4.66. The maximum Gasteiger partial charge on any atom is 0.0779 e. The van der Waals surface area contributed by atoms with Crippen LogP contribution in [0.2, 0.25) is 0 Å². The van der Waals surface area contributed by atoms with Gasteiger partial charge in [0.15, 0.2) is 0 Å². The van der Waals surface area contributed by atoms with E-state index < -0.39 is 16.9 Å². The van der Waals surface area contributed by atoms with Crippen molar-refractivity contribution in [2.45, 2.75) is 43.5 Å². The van der Waals surface area contributed by atoms with E-state index in [4.69, 9.17) is 4.74 Å². The fraction of sp³-hybridized carbons (Fsp3) is 1.00. The summed E-state index contributed by atoms with van der Waals surface area (Å²) in [6, 6.07) is 0. The first-order valence-corrected chi connectivity index (χ1v) is 7.87. The monoisotopic (exact) mass is 263 g/mol. The number of aliphatic hydroxyl groups excluding tert-OH is 1. The van der Waals surface area contributed by atoms with Gasteiger partial charge in [0.25, 0.3) is 0 Å². The molecule has 2 N–H and O–H groups in total. The van der Waals surface area contributed by atoms with Gasteiger partial charge in [-0.15, -0.1) is 0 Å². The number of aliphatic hydroxyl groups is 1. The summed E-state index contributed by atoms with van der Waals surface area (Å²) in [5, 5.41) is 13.2. The second-order valence-corrected chi connectivity index (χ2v) is 6.42. The molecule has 0 aromatic rings. The Hall–Kier alpha value is 0.0300. The van der Waals surface area contributed by atoms with Gasteiger partial charge < -0.3 is 15.2 Å². The van der Waals surface area contributed by atoms with Crippen LogP contribution in [0.4, 0.5) is 0 Å². The van der Waals surface area contributed by atoms with Crippen molar-refractivity contribution in [3.05, 3.63) is 0 Å². The van der Waals surface area contributed by atoms with Crippen LogP contribution in [0, 0.1) is 0 Å². The van der Waals surface area contributed by atoms with Gasteiger partial charge in [0.05, 0.1) is 18.5 Å². The van der Waals surface area contributed by atoms with E-state index in [1.165, 1.54) is 19.3 Å². The van der Waals surface area contributed by atoms with E-state index in [1.54, 1.807) is 7.11 Å². The van der Waals surface area contributed by atoms with Crippen molar-refractivity contribution >= 4 is 10.8 Å². The Kier molecular flexibility index (Phi) is 8.01. The van der Waals surface area contributed by atoms with Crippen molar-refractivity contribution in [3.63, 3.8) is 0 Å². The molecule has 4 nitrogen and oxygen atoms in total. The molecule has 0 amide bonds. The van der Waals surface area contributed by atoms with Crippen LogP contribution in [0.5, 0.6) is 0 Å². The molecule has 5 heteroatoms. The lowest BCUT2D eigenvalue weighted by Gasteiger charge is -2.22. The molecule has 17 heavy (non-hydrogen) atoms. The van der Waals surface area contributed by atoms with E-state index in [0.717, 1.165) is 19.4 Å². The van der Waals surface area contributed by atoms with Crippen molar-refractivity contribution in [2.24, 2.45) is 0 Å². The van der Waals surface area contributed by atoms with Crippen molar-refractivity contribution < 1.29 is 14.1 Å². The number of hydrogen-bond donors (Lipinski definition) is 2. The molecular formula is C12H25NO3S. The van der Waals surface area contributed by atoms with Crippen molar-refractivity contribution in [2.75, 3.05) is 32.6 Å². The Morgan fingerprint density at radius 2 is 2.12 bits per heavy atom. The van der Waals surface area contributed by atoms with E-state index in [0.29, 0.717) is 24.2 Å². The lowest BCUT2D eigenvalue weighted by Crippen LogP contribution is -2.35. The molecule has 0 spiro atoms. The van der Waals surface area contributed by atoms with Crippen LogP contribution < -0.4 is 5.32 Å². The first kappa shape index (κ1) is 15.1. The van der Waals surface area contributed by atoms with Crippen molar-refractivity contribution in [1.29, 1.82) is 0 Å². The van der Waals surface area contributed by atoms with Crippen LogP contribution >= 0.6 is 0 Å².